The Morgan fingerprint density at radius 2 is 2.11 bits per heavy atom. The summed E-state index contributed by atoms with van der Waals surface area (Å²) in [6, 6.07) is -0.232. The molecule has 0 aliphatic heterocycles. The highest BCUT2D eigenvalue weighted by atomic mass is 35.5. The molecule has 2 aromatic heterocycles. The summed E-state index contributed by atoms with van der Waals surface area (Å²) in [5.74, 6) is 0. The van der Waals surface area contributed by atoms with E-state index in [1.165, 1.54) is 12.7 Å². The molecule has 0 spiro atoms. The number of rotatable bonds is 1. The van der Waals surface area contributed by atoms with Crippen LogP contribution in [0.15, 0.2) is 12.7 Å². The Morgan fingerprint density at radius 1 is 1.33 bits per heavy atom. The smallest absolute Gasteiger partial charge is 0.173 e. The molecule has 1 aliphatic carbocycles. The van der Waals surface area contributed by atoms with Crippen molar-refractivity contribution < 1.29 is 10.2 Å². The molecule has 98 valence electrons. The maximum atomic E-state index is 9.89. The van der Waals surface area contributed by atoms with Crippen molar-refractivity contribution in [3.05, 3.63) is 18.1 Å². The monoisotopic (exact) mass is 271 g/mol. The maximum absolute atomic E-state index is 9.89. The summed E-state index contributed by atoms with van der Waals surface area (Å²) in [6.07, 6.45) is 2.73. The lowest BCUT2D eigenvalue weighted by Gasteiger charge is -2.19. The van der Waals surface area contributed by atoms with Gasteiger partial charge in [-0.15, -0.1) is 12.4 Å². The molecule has 8 heteroatoms. The normalized spacial score (nSPS) is 27.3. The Labute approximate surface area is 108 Å². The number of halogens is 1. The highest BCUT2D eigenvalue weighted by molar-refractivity contribution is 5.85. The van der Waals surface area contributed by atoms with Gasteiger partial charge in [0.1, 0.15) is 11.6 Å². The number of nitrogens with zero attached hydrogens (tertiary/aromatic N) is 3. The van der Waals surface area contributed by atoms with Crippen molar-refractivity contribution in [2.24, 2.45) is 0 Å². The van der Waals surface area contributed by atoms with E-state index in [2.05, 4.69) is 15.0 Å². The van der Waals surface area contributed by atoms with Crippen molar-refractivity contribution in [2.75, 3.05) is 0 Å². The lowest BCUT2D eigenvalue weighted by atomic mass is 10.2. The summed E-state index contributed by atoms with van der Waals surface area (Å²) in [5.41, 5.74) is 1.26. The van der Waals surface area contributed by atoms with Gasteiger partial charge in [-0.05, 0) is 12.8 Å². The number of H-pyrrole nitrogens is 1. The predicted molar refractivity (Wildman–Crippen MR) is 65.3 cm³/mol. The number of imidazole rings is 1. The van der Waals surface area contributed by atoms with Gasteiger partial charge in [-0.1, -0.05) is 0 Å². The number of nitrogens with one attached hydrogen (secondary N) is 2. The van der Waals surface area contributed by atoms with Crippen LogP contribution in [-0.4, -0.2) is 41.9 Å². The molecule has 3 rings (SSSR count). The molecular formula is C10H14ClN5O2. The summed E-state index contributed by atoms with van der Waals surface area (Å²) in [4.78, 5) is 10.9. The fourth-order valence-corrected chi connectivity index (χ4v) is 2.38. The molecule has 4 N–H and O–H groups in total. The minimum absolute atomic E-state index is 0. The van der Waals surface area contributed by atoms with E-state index in [9.17, 15) is 10.2 Å². The molecule has 1 fully saturated rings. The third-order valence-electron chi connectivity index (χ3n) is 3.32. The molecule has 1 aliphatic rings. The van der Waals surface area contributed by atoms with Crippen LogP contribution in [0.2, 0.25) is 0 Å². The quantitative estimate of drug-likeness (QED) is 0.571. The van der Waals surface area contributed by atoms with Crippen molar-refractivity contribution in [3.63, 3.8) is 0 Å². The Hall–Kier alpha value is -1.44. The minimum atomic E-state index is -0.807. The van der Waals surface area contributed by atoms with Crippen LogP contribution in [0.3, 0.4) is 0 Å². The van der Waals surface area contributed by atoms with Crippen LogP contribution < -0.4 is 5.49 Å². The molecule has 0 bridgehead atoms. The molecule has 0 amide bonds. The average Bonchev–Trinajstić information content (AvgIpc) is 2.91. The van der Waals surface area contributed by atoms with Crippen LogP contribution in [0.5, 0.6) is 0 Å². The van der Waals surface area contributed by atoms with E-state index in [0.29, 0.717) is 24.0 Å². The Morgan fingerprint density at radius 3 is 2.78 bits per heavy atom. The summed E-state index contributed by atoms with van der Waals surface area (Å²) < 4.78 is 1.73. The fraction of sp³-hybridized carbons (Fsp3) is 0.500. The van der Waals surface area contributed by atoms with Crippen molar-refractivity contribution >= 4 is 23.6 Å². The highest BCUT2D eigenvalue weighted by Crippen LogP contribution is 2.31. The minimum Gasteiger partial charge on any atom is -0.390 e. The Bertz CT molecular complexity index is 610. The lowest BCUT2D eigenvalue weighted by molar-refractivity contribution is 0.0239. The Kier molecular flexibility index (Phi) is 3.38. The molecule has 3 unspecified atom stereocenters. The van der Waals surface area contributed by atoms with Crippen LogP contribution in [0.4, 0.5) is 0 Å². The van der Waals surface area contributed by atoms with Gasteiger partial charge >= 0.3 is 0 Å². The van der Waals surface area contributed by atoms with E-state index in [-0.39, 0.29) is 23.9 Å². The van der Waals surface area contributed by atoms with Crippen LogP contribution in [0, 0.1) is 5.41 Å². The van der Waals surface area contributed by atoms with Gasteiger partial charge in [0.05, 0.1) is 24.8 Å². The number of fused-ring (bicyclic) bond motifs is 1. The topological polar surface area (TPSA) is 111 Å². The first-order valence-corrected chi connectivity index (χ1v) is 5.49. The molecule has 0 aromatic carbocycles. The number of aliphatic hydroxyl groups is 2. The largest absolute Gasteiger partial charge is 0.390 e. The van der Waals surface area contributed by atoms with E-state index in [4.69, 9.17) is 5.41 Å². The van der Waals surface area contributed by atoms with Gasteiger partial charge in [0.15, 0.2) is 11.1 Å². The first-order valence-electron chi connectivity index (χ1n) is 5.49. The van der Waals surface area contributed by atoms with Crippen LogP contribution >= 0.6 is 12.4 Å². The first kappa shape index (κ1) is 13.0. The van der Waals surface area contributed by atoms with Gasteiger partial charge in [0, 0.05) is 0 Å². The van der Waals surface area contributed by atoms with Crippen molar-refractivity contribution in [2.45, 2.75) is 31.1 Å². The SMILES string of the molecule is Cl.N=c1ncn(C2CCC(O)C2O)c2nc[nH]c12. The molecule has 18 heavy (non-hydrogen) atoms. The molecule has 2 heterocycles. The summed E-state index contributed by atoms with van der Waals surface area (Å²) >= 11 is 0. The third kappa shape index (κ3) is 1.80. The average molecular weight is 272 g/mol. The van der Waals surface area contributed by atoms with E-state index in [1.54, 1.807) is 4.57 Å². The lowest BCUT2D eigenvalue weighted by Crippen LogP contribution is -2.28. The van der Waals surface area contributed by atoms with Crippen LogP contribution in [0.25, 0.3) is 11.2 Å². The molecule has 7 nitrogen and oxygen atoms in total. The number of hydrogen-bond donors (Lipinski definition) is 4. The molecular weight excluding hydrogens is 258 g/mol. The second kappa shape index (κ2) is 4.68. The van der Waals surface area contributed by atoms with Gasteiger partial charge in [-0.25, -0.2) is 9.97 Å². The van der Waals surface area contributed by atoms with Gasteiger partial charge < -0.3 is 19.8 Å². The molecule has 1 saturated carbocycles. The second-order valence-corrected chi connectivity index (χ2v) is 4.30. The van der Waals surface area contributed by atoms with Crippen molar-refractivity contribution in [1.82, 2.24) is 19.5 Å². The second-order valence-electron chi connectivity index (χ2n) is 4.30. The molecule has 3 atom stereocenters. The maximum Gasteiger partial charge on any atom is 0.173 e. The van der Waals surface area contributed by atoms with E-state index >= 15 is 0 Å². The Balaban J connectivity index is 0.00000120. The summed E-state index contributed by atoms with van der Waals surface area (Å²) in [6.45, 7) is 0. The first-order chi connectivity index (χ1) is 8.18. The number of aromatic amines is 1. The van der Waals surface area contributed by atoms with Crippen molar-refractivity contribution in [1.29, 1.82) is 5.41 Å². The fourth-order valence-electron chi connectivity index (χ4n) is 2.38. The number of aromatic nitrogens is 4. The number of aliphatic hydroxyl groups excluding tert-OH is 2. The summed E-state index contributed by atoms with van der Waals surface area (Å²) in [7, 11) is 0. The standard InChI is InChI=1S/C10H13N5O2.ClH/c11-9-7-10(13-3-12-7)15(4-14-9)5-1-2-6(16)8(5)17;/h3-6,8,11,16-17H,1-2H2,(H,12,13);1H. The van der Waals surface area contributed by atoms with Gasteiger partial charge in [0.2, 0.25) is 0 Å². The van der Waals surface area contributed by atoms with E-state index in [1.807, 2.05) is 0 Å². The molecule has 0 saturated heterocycles. The van der Waals surface area contributed by atoms with Crippen LogP contribution in [-0.2, 0) is 0 Å². The highest BCUT2D eigenvalue weighted by Gasteiger charge is 2.35. The number of hydrogen-bond acceptors (Lipinski definition) is 5. The van der Waals surface area contributed by atoms with Gasteiger partial charge in [0.25, 0.3) is 0 Å². The van der Waals surface area contributed by atoms with E-state index in [0.717, 1.165) is 0 Å². The zero-order chi connectivity index (χ0) is 12.0. The molecule has 0 radical (unpaired) electrons. The van der Waals surface area contributed by atoms with Crippen LogP contribution in [0.1, 0.15) is 18.9 Å². The van der Waals surface area contributed by atoms with Gasteiger partial charge in [-0.3, -0.25) is 5.41 Å². The van der Waals surface area contributed by atoms with E-state index < -0.39 is 12.2 Å². The molecule has 2 aromatic rings. The van der Waals surface area contributed by atoms with Crippen molar-refractivity contribution in [3.8, 4) is 0 Å². The zero-order valence-corrected chi connectivity index (χ0v) is 10.3. The predicted octanol–water partition coefficient (Wildman–Crippen LogP) is -0.283. The zero-order valence-electron chi connectivity index (χ0n) is 9.45. The summed E-state index contributed by atoms with van der Waals surface area (Å²) in [5, 5.41) is 27.1. The third-order valence-corrected chi connectivity index (χ3v) is 3.32. The van der Waals surface area contributed by atoms with Gasteiger partial charge in [-0.2, -0.15) is 0 Å².